The third-order valence-corrected chi connectivity index (χ3v) is 2.58. The Morgan fingerprint density at radius 1 is 1.38 bits per heavy atom. The molecule has 1 aromatic rings. The summed E-state index contributed by atoms with van der Waals surface area (Å²) >= 11 is 1.76. The molecule has 70 valence electrons. The molecule has 0 saturated carbocycles. The highest BCUT2D eigenvalue weighted by Gasteiger charge is 1.95. The highest BCUT2D eigenvalue weighted by atomic mass is 32.2. The van der Waals surface area contributed by atoms with E-state index in [0.29, 0.717) is 0 Å². The van der Waals surface area contributed by atoms with Crippen LogP contribution in [0.3, 0.4) is 0 Å². The van der Waals surface area contributed by atoms with Gasteiger partial charge in [0.25, 0.3) is 0 Å². The van der Waals surface area contributed by atoms with Gasteiger partial charge in [-0.25, -0.2) is 4.39 Å². The van der Waals surface area contributed by atoms with Crippen molar-refractivity contribution >= 4 is 17.3 Å². The SMILES string of the molecule is CCSC=C(C)c1ccc(F)cc1. The first-order valence-corrected chi connectivity index (χ1v) is 5.33. The molecule has 0 nitrogen and oxygen atoms in total. The normalized spacial score (nSPS) is 11.8. The number of halogens is 1. The molecule has 0 heterocycles. The Hall–Kier alpha value is -0.760. The van der Waals surface area contributed by atoms with Crippen molar-refractivity contribution in [2.75, 3.05) is 5.75 Å². The van der Waals surface area contributed by atoms with E-state index in [1.807, 2.05) is 6.92 Å². The van der Waals surface area contributed by atoms with Gasteiger partial charge in [-0.1, -0.05) is 19.1 Å². The molecule has 0 amide bonds. The molecule has 1 rings (SSSR count). The van der Waals surface area contributed by atoms with E-state index in [4.69, 9.17) is 0 Å². The molecule has 2 heteroatoms. The van der Waals surface area contributed by atoms with Gasteiger partial charge in [0.05, 0.1) is 0 Å². The number of thioether (sulfide) groups is 1. The number of rotatable bonds is 3. The van der Waals surface area contributed by atoms with Crippen LogP contribution in [0.1, 0.15) is 19.4 Å². The van der Waals surface area contributed by atoms with E-state index < -0.39 is 0 Å². The molecule has 0 unspecified atom stereocenters. The van der Waals surface area contributed by atoms with E-state index in [9.17, 15) is 4.39 Å². The minimum Gasteiger partial charge on any atom is -0.207 e. The molecule has 0 atom stereocenters. The first-order chi connectivity index (χ1) is 6.24. The standard InChI is InChI=1S/C11H13FS/c1-3-13-8-9(2)10-4-6-11(12)7-5-10/h4-8H,3H2,1-2H3. The molecule has 0 radical (unpaired) electrons. The van der Waals surface area contributed by atoms with E-state index >= 15 is 0 Å². The number of hydrogen-bond acceptors (Lipinski definition) is 1. The van der Waals surface area contributed by atoms with Crippen molar-refractivity contribution < 1.29 is 4.39 Å². The maximum atomic E-state index is 12.6. The smallest absolute Gasteiger partial charge is 0.123 e. The predicted octanol–water partition coefficient (Wildman–Crippen LogP) is 3.94. The van der Waals surface area contributed by atoms with Gasteiger partial charge in [-0.15, -0.1) is 11.8 Å². The molecule has 0 aromatic heterocycles. The minimum atomic E-state index is -0.181. The van der Waals surface area contributed by atoms with Crippen LogP contribution in [0.25, 0.3) is 5.57 Å². The lowest BCUT2D eigenvalue weighted by molar-refractivity contribution is 0.627. The van der Waals surface area contributed by atoms with Crippen molar-refractivity contribution in [3.05, 3.63) is 41.1 Å². The van der Waals surface area contributed by atoms with Crippen LogP contribution in [0.2, 0.25) is 0 Å². The largest absolute Gasteiger partial charge is 0.207 e. The van der Waals surface area contributed by atoms with Crippen LogP contribution >= 0.6 is 11.8 Å². The van der Waals surface area contributed by atoms with Crippen LogP contribution in [-0.2, 0) is 0 Å². The second-order valence-corrected chi connectivity index (χ2v) is 3.91. The highest BCUT2D eigenvalue weighted by molar-refractivity contribution is 8.02. The maximum absolute atomic E-state index is 12.6. The summed E-state index contributed by atoms with van der Waals surface area (Å²) in [5.74, 6) is 0.887. The number of hydrogen-bond donors (Lipinski definition) is 0. The van der Waals surface area contributed by atoms with Crippen LogP contribution in [0.15, 0.2) is 29.7 Å². The Morgan fingerprint density at radius 2 is 2.00 bits per heavy atom. The van der Waals surface area contributed by atoms with Crippen molar-refractivity contribution in [2.24, 2.45) is 0 Å². The van der Waals surface area contributed by atoms with Gasteiger partial charge in [-0.2, -0.15) is 0 Å². The lowest BCUT2D eigenvalue weighted by Gasteiger charge is -2.00. The summed E-state index contributed by atoms with van der Waals surface area (Å²) in [5, 5.41) is 2.10. The number of allylic oxidation sites excluding steroid dienone is 1. The first kappa shape index (κ1) is 10.3. The van der Waals surface area contributed by atoms with Crippen molar-refractivity contribution in [3.8, 4) is 0 Å². The van der Waals surface area contributed by atoms with Gasteiger partial charge in [-0.3, -0.25) is 0 Å². The topological polar surface area (TPSA) is 0 Å². The zero-order chi connectivity index (χ0) is 9.68. The fraction of sp³-hybridized carbons (Fsp3) is 0.273. The molecule has 0 aliphatic rings. The Labute approximate surface area is 82.9 Å². The molecule has 0 saturated heterocycles. The van der Waals surface area contributed by atoms with Crippen LogP contribution < -0.4 is 0 Å². The summed E-state index contributed by atoms with van der Waals surface area (Å²) in [6, 6.07) is 6.58. The summed E-state index contributed by atoms with van der Waals surface area (Å²) in [7, 11) is 0. The van der Waals surface area contributed by atoms with Gasteiger partial charge in [0.15, 0.2) is 0 Å². The fourth-order valence-electron chi connectivity index (χ4n) is 0.989. The van der Waals surface area contributed by atoms with Crippen molar-refractivity contribution in [2.45, 2.75) is 13.8 Å². The van der Waals surface area contributed by atoms with E-state index in [2.05, 4.69) is 12.3 Å². The minimum absolute atomic E-state index is 0.181. The van der Waals surface area contributed by atoms with E-state index in [-0.39, 0.29) is 5.82 Å². The zero-order valence-corrected chi connectivity index (χ0v) is 8.70. The lowest BCUT2D eigenvalue weighted by Crippen LogP contribution is -1.79. The first-order valence-electron chi connectivity index (χ1n) is 4.28. The third-order valence-electron chi connectivity index (χ3n) is 1.73. The molecule has 0 bridgehead atoms. The molecule has 0 N–H and O–H groups in total. The maximum Gasteiger partial charge on any atom is 0.123 e. The third kappa shape index (κ3) is 3.23. The van der Waals surface area contributed by atoms with Gasteiger partial charge >= 0.3 is 0 Å². The van der Waals surface area contributed by atoms with Crippen molar-refractivity contribution in [1.82, 2.24) is 0 Å². The van der Waals surface area contributed by atoms with Crippen LogP contribution in [0.5, 0.6) is 0 Å². The van der Waals surface area contributed by atoms with Gasteiger partial charge in [0, 0.05) is 0 Å². The van der Waals surface area contributed by atoms with Gasteiger partial charge in [0.1, 0.15) is 5.82 Å². The van der Waals surface area contributed by atoms with Crippen molar-refractivity contribution in [3.63, 3.8) is 0 Å². The molecule has 0 aliphatic carbocycles. The second kappa shape index (κ2) is 5.07. The average molecular weight is 196 g/mol. The van der Waals surface area contributed by atoms with Crippen LogP contribution in [-0.4, -0.2) is 5.75 Å². The molecular formula is C11H13FS. The Morgan fingerprint density at radius 3 is 2.54 bits per heavy atom. The Balaban J connectivity index is 2.77. The Bertz CT molecular complexity index is 287. The van der Waals surface area contributed by atoms with E-state index in [1.54, 1.807) is 23.9 Å². The second-order valence-electron chi connectivity index (χ2n) is 2.76. The van der Waals surface area contributed by atoms with E-state index in [0.717, 1.165) is 11.3 Å². The summed E-state index contributed by atoms with van der Waals surface area (Å²) in [5.41, 5.74) is 2.27. The van der Waals surface area contributed by atoms with Crippen molar-refractivity contribution in [1.29, 1.82) is 0 Å². The van der Waals surface area contributed by atoms with E-state index in [1.165, 1.54) is 17.7 Å². The molecular weight excluding hydrogens is 183 g/mol. The van der Waals surface area contributed by atoms with Gasteiger partial charge in [0.2, 0.25) is 0 Å². The highest BCUT2D eigenvalue weighted by Crippen LogP contribution is 2.17. The molecule has 0 aliphatic heterocycles. The fourth-order valence-corrected chi connectivity index (χ4v) is 1.54. The summed E-state index contributed by atoms with van der Waals surface area (Å²) < 4.78 is 12.6. The quantitative estimate of drug-likeness (QED) is 0.705. The summed E-state index contributed by atoms with van der Waals surface area (Å²) in [6.45, 7) is 4.15. The average Bonchev–Trinajstić information content (AvgIpc) is 2.15. The van der Waals surface area contributed by atoms with Crippen LogP contribution in [0.4, 0.5) is 4.39 Å². The number of benzene rings is 1. The summed E-state index contributed by atoms with van der Waals surface area (Å²) in [6.07, 6.45) is 0. The molecule has 13 heavy (non-hydrogen) atoms. The summed E-state index contributed by atoms with van der Waals surface area (Å²) in [4.78, 5) is 0. The molecule has 0 spiro atoms. The van der Waals surface area contributed by atoms with Gasteiger partial charge < -0.3 is 0 Å². The molecule has 0 fully saturated rings. The Kier molecular flexibility index (Phi) is 4.03. The molecule has 1 aromatic carbocycles. The zero-order valence-electron chi connectivity index (χ0n) is 7.88. The monoisotopic (exact) mass is 196 g/mol. The predicted molar refractivity (Wildman–Crippen MR) is 58.2 cm³/mol. The van der Waals surface area contributed by atoms with Gasteiger partial charge in [-0.05, 0) is 41.4 Å². The lowest BCUT2D eigenvalue weighted by atomic mass is 10.1. The van der Waals surface area contributed by atoms with Crippen LogP contribution in [0, 0.1) is 5.82 Å².